The summed E-state index contributed by atoms with van der Waals surface area (Å²) in [6, 6.07) is 10.6. The second-order valence-corrected chi connectivity index (χ2v) is 7.13. The molecule has 0 radical (unpaired) electrons. The van der Waals surface area contributed by atoms with E-state index in [1.165, 1.54) is 16.7 Å². The van der Waals surface area contributed by atoms with Crippen LogP contribution in [0.5, 0.6) is 0 Å². The van der Waals surface area contributed by atoms with Crippen molar-refractivity contribution in [1.29, 1.82) is 0 Å². The highest BCUT2D eigenvalue weighted by atomic mass is 32.1. The van der Waals surface area contributed by atoms with Crippen molar-refractivity contribution in [1.82, 2.24) is 10.6 Å². The van der Waals surface area contributed by atoms with E-state index in [0.29, 0.717) is 12.7 Å². The monoisotopic (exact) mass is 373 g/mol. The highest BCUT2D eigenvalue weighted by Gasteiger charge is 2.14. The van der Waals surface area contributed by atoms with Crippen molar-refractivity contribution in [3.8, 4) is 0 Å². The molecule has 6 heteroatoms. The van der Waals surface area contributed by atoms with Gasteiger partial charge < -0.3 is 20.1 Å². The van der Waals surface area contributed by atoms with Crippen LogP contribution in [0.2, 0.25) is 0 Å². The molecule has 1 aromatic heterocycles. The third kappa shape index (κ3) is 6.12. The molecule has 5 nitrogen and oxygen atoms in total. The van der Waals surface area contributed by atoms with E-state index in [9.17, 15) is 0 Å². The van der Waals surface area contributed by atoms with Crippen LogP contribution in [0.1, 0.15) is 29.5 Å². The number of guanidine groups is 1. The zero-order valence-corrected chi connectivity index (χ0v) is 16.1. The Morgan fingerprint density at radius 1 is 1.15 bits per heavy atom. The van der Waals surface area contributed by atoms with E-state index in [0.717, 1.165) is 45.1 Å². The number of nitrogens with zero attached hydrogens (tertiary/aromatic N) is 1. The van der Waals surface area contributed by atoms with Gasteiger partial charge in [-0.2, -0.15) is 11.3 Å². The zero-order chi connectivity index (χ0) is 18.0. The van der Waals surface area contributed by atoms with Crippen molar-refractivity contribution in [3.63, 3.8) is 0 Å². The molecule has 0 unspecified atom stereocenters. The average Bonchev–Trinajstić information content (AvgIpc) is 3.21. The highest BCUT2D eigenvalue weighted by molar-refractivity contribution is 7.07. The molecule has 0 spiro atoms. The standard InChI is InChI=1S/C20H27N3O2S/c1-21-20(23-13-18-7-10-26-15-18)22-12-16-3-2-4-17(11-16)14-25-19-5-8-24-9-6-19/h2-4,7,10-11,15,19H,5-6,8-9,12-14H2,1H3,(H2,21,22,23). The van der Waals surface area contributed by atoms with Gasteiger partial charge >= 0.3 is 0 Å². The summed E-state index contributed by atoms with van der Waals surface area (Å²) in [4.78, 5) is 4.28. The van der Waals surface area contributed by atoms with Crippen molar-refractivity contribution >= 4 is 17.3 Å². The van der Waals surface area contributed by atoms with Crippen LogP contribution in [0.3, 0.4) is 0 Å². The molecule has 1 aliphatic rings. The third-order valence-electron chi connectivity index (χ3n) is 4.37. The summed E-state index contributed by atoms with van der Waals surface area (Å²) in [7, 11) is 1.79. The summed E-state index contributed by atoms with van der Waals surface area (Å²) in [6.07, 6.45) is 2.31. The van der Waals surface area contributed by atoms with E-state index in [1.54, 1.807) is 18.4 Å². The molecule has 0 saturated carbocycles. The largest absolute Gasteiger partial charge is 0.381 e. The Hall–Kier alpha value is -1.89. The van der Waals surface area contributed by atoms with Gasteiger partial charge in [-0.1, -0.05) is 24.3 Å². The fourth-order valence-electron chi connectivity index (χ4n) is 2.87. The van der Waals surface area contributed by atoms with Crippen LogP contribution >= 0.6 is 11.3 Å². The minimum absolute atomic E-state index is 0.325. The highest BCUT2D eigenvalue weighted by Crippen LogP contribution is 2.14. The maximum Gasteiger partial charge on any atom is 0.191 e. The minimum atomic E-state index is 0.325. The van der Waals surface area contributed by atoms with Crippen LogP contribution in [0.15, 0.2) is 46.1 Å². The van der Waals surface area contributed by atoms with Crippen LogP contribution in [-0.2, 0) is 29.2 Å². The molecule has 1 fully saturated rings. The van der Waals surface area contributed by atoms with Crippen LogP contribution < -0.4 is 10.6 Å². The van der Waals surface area contributed by atoms with E-state index in [1.807, 2.05) is 0 Å². The van der Waals surface area contributed by atoms with E-state index in [4.69, 9.17) is 9.47 Å². The van der Waals surface area contributed by atoms with E-state index >= 15 is 0 Å². The molecule has 1 aliphatic heterocycles. The molecule has 26 heavy (non-hydrogen) atoms. The zero-order valence-electron chi connectivity index (χ0n) is 15.2. The first-order valence-corrected chi connectivity index (χ1v) is 10.0. The minimum Gasteiger partial charge on any atom is -0.381 e. The fourth-order valence-corrected chi connectivity index (χ4v) is 3.54. The molecule has 1 saturated heterocycles. The molecular formula is C20H27N3O2S. The topological polar surface area (TPSA) is 54.9 Å². The average molecular weight is 374 g/mol. The van der Waals surface area contributed by atoms with Gasteiger partial charge in [-0.15, -0.1) is 0 Å². The van der Waals surface area contributed by atoms with Gasteiger partial charge in [-0.05, 0) is 46.4 Å². The van der Waals surface area contributed by atoms with Crippen LogP contribution in [0.4, 0.5) is 0 Å². The van der Waals surface area contributed by atoms with Gasteiger partial charge in [-0.25, -0.2) is 0 Å². The van der Waals surface area contributed by atoms with Crippen molar-refractivity contribution < 1.29 is 9.47 Å². The van der Waals surface area contributed by atoms with E-state index < -0.39 is 0 Å². The summed E-state index contributed by atoms with van der Waals surface area (Å²) in [6.45, 7) is 3.79. The number of hydrogen-bond acceptors (Lipinski definition) is 4. The quantitative estimate of drug-likeness (QED) is 0.578. The number of hydrogen-bond donors (Lipinski definition) is 2. The molecule has 2 aromatic rings. The van der Waals surface area contributed by atoms with Gasteiger partial charge in [0.1, 0.15) is 0 Å². The molecule has 0 atom stereocenters. The predicted molar refractivity (Wildman–Crippen MR) is 106 cm³/mol. The number of aliphatic imine (C=N–C) groups is 1. The molecule has 0 bridgehead atoms. The molecule has 2 heterocycles. The first kappa shape index (κ1) is 18.9. The Bertz CT molecular complexity index is 682. The lowest BCUT2D eigenvalue weighted by Crippen LogP contribution is -2.36. The van der Waals surface area contributed by atoms with Gasteiger partial charge in [0.15, 0.2) is 5.96 Å². The van der Waals surface area contributed by atoms with Crippen LogP contribution in [0.25, 0.3) is 0 Å². The normalized spacial score (nSPS) is 15.8. The number of benzene rings is 1. The first-order valence-electron chi connectivity index (χ1n) is 9.06. The first-order chi connectivity index (χ1) is 12.8. The SMILES string of the molecule is CN=C(NCc1ccsc1)NCc1cccc(COC2CCOCC2)c1. The molecule has 0 aliphatic carbocycles. The second-order valence-electron chi connectivity index (χ2n) is 6.35. The Labute approximate surface area is 159 Å². The maximum atomic E-state index is 6.02. The molecular weight excluding hydrogens is 346 g/mol. The van der Waals surface area contributed by atoms with Gasteiger partial charge in [-0.3, -0.25) is 4.99 Å². The Balaban J connectivity index is 1.44. The Morgan fingerprint density at radius 3 is 2.65 bits per heavy atom. The van der Waals surface area contributed by atoms with Crippen molar-refractivity contribution in [2.75, 3.05) is 20.3 Å². The van der Waals surface area contributed by atoms with Crippen molar-refractivity contribution in [2.45, 2.75) is 38.6 Å². The molecule has 1 aromatic carbocycles. The van der Waals surface area contributed by atoms with Gasteiger partial charge in [0.2, 0.25) is 0 Å². The molecule has 3 rings (SSSR count). The maximum absolute atomic E-state index is 6.02. The lowest BCUT2D eigenvalue weighted by Gasteiger charge is -2.22. The van der Waals surface area contributed by atoms with Gasteiger partial charge in [0.25, 0.3) is 0 Å². The molecule has 140 valence electrons. The summed E-state index contributed by atoms with van der Waals surface area (Å²) < 4.78 is 11.4. The molecule has 0 amide bonds. The van der Waals surface area contributed by atoms with E-state index in [2.05, 4.69) is 56.7 Å². The fraction of sp³-hybridized carbons (Fsp3) is 0.450. The lowest BCUT2D eigenvalue weighted by molar-refractivity contribution is -0.0390. The third-order valence-corrected chi connectivity index (χ3v) is 5.10. The van der Waals surface area contributed by atoms with Crippen LogP contribution in [0, 0.1) is 0 Å². The lowest BCUT2D eigenvalue weighted by atomic mass is 10.1. The van der Waals surface area contributed by atoms with Crippen molar-refractivity contribution in [3.05, 3.63) is 57.8 Å². The molecule has 2 N–H and O–H groups in total. The number of nitrogens with one attached hydrogen (secondary N) is 2. The Kier molecular flexibility index (Phi) is 7.49. The summed E-state index contributed by atoms with van der Waals surface area (Å²) >= 11 is 1.71. The predicted octanol–water partition coefficient (Wildman–Crippen LogP) is 3.31. The van der Waals surface area contributed by atoms with Crippen molar-refractivity contribution in [2.24, 2.45) is 4.99 Å². The van der Waals surface area contributed by atoms with Gasteiger partial charge in [0, 0.05) is 33.4 Å². The van der Waals surface area contributed by atoms with Crippen LogP contribution in [-0.4, -0.2) is 32.3 Å². The summed E-state index contributed by atoms with van der Waals surface area (Å²) in [5.74, 6) is 0.806. The smallest absolute Gasteiger partial charge is 0.191 e. The Morgan fingerprint density at radius 2 is 1.92 bits per heavy atom. The van der Waals surface area contributed by atoms with E-state index in [-0.39, 0.29) is 0 Å². The number of rotatable bonds is 7. The summed E-state index contributed by atoms with van der Waals surface area (Å²) in [5, 5.41) is 10.9. The number of thiophene rings is 1. The number of ether oxygens (including phenoxy) is 2. The second kappa shape index (κ2) is 10.3. The van der Waals surface area contributed by atoms with Gasteiger partial charge in [0.05, 0.1) is 12.7 Å². The summed E-state index contributed by atoms with van der Waals surface area (Å²) in [5.41, 5.74) is 3.69.